The van der Waals surface area contributed by atoms with Gasteiger partial charge in [0.15, 0.2) is 0 Å². The van der Waals surface area contributed by atoms with Crippen LogP contribution in [0.3, 0.4) is 0 Å². The lowest BCUT2D eigenvalue weighted by atomic mass is 10.2. The Labute approximate surface area is 103 Å². The second-order valence-corrected chi connectivity index (χ2v) is 3.68. The molecule has 0 saturated carbocycles. The van der Waals surface area contributed by atoms with Crippen LogP contribution in [0.25, 0.3) is 0 Å². The van der Waals surface area contributed by atoms with Crippen LogP contribution in [0.4, 0.5) is 0 Å². The van der Waals surface area contributed by atoms with Crippen LogP contribution in [0.15, 0.2) is 36.5 Å². The average molecular weight is 238 g/mol. The van der Waals surface area contributed by atoms with Gasteiger partial charge in [0.05, 0.1) is 0 Å². The third-order valence-corrected chi connectivity index (χ3v) is 2.10. The van der Waals surface area contributed by atoms with Crippen molar-refractivity contribution in [3.8, 4) is 0 Å². The molecule has 0 aliphatic rings. The fourth-order valence-electron chi connectivity index (χ4n) is 1.22. The van der Waals surface area contributed by atoms with E-state index in [1.165, 1.54) is 0 Å². The molecule has 96 valence electrons. The van der Waals surface area contributed by atoms with E-state index < -0.39 is 5.97 Å². The highest BCUT2D eigenvalue weighted by atomic mass is 16.4. The Morgan fingerprint density at radius 1 is 0.882 bits per heavy atom. The highest BCUT2D eigenvalue weighted by Crippen LogP contribution is 1.98. The van der Waals surface area contributed by atoms with E-state index in [1.807, 2.05) is 18.2 Å². The first-order valence-corrected chi connectivity index (χ1v) is 6.05. The predicted molar refractivity (Wildman–Crippen MR) is 69.8 cm³/mol. The summed E-state index contributed by atoms with van der Waals surface area (Å²) in [6.45, 7) is 0.208. The van der Waals surface area contributed by atoms with Crippen LogP contribution in [0.5, 0.6) is 0 Å². The van der Waals surface area contributed by atoms with Crippen LogP contribution in [-0.2, 0) is 4.79 Å². The molecule has 0 radical (unpaired) electrons. The highest BCUT2D eigenvalue weighted by molar-refractivity contribution is 5.66. The molecule has 0 spiro atoms. The van der Waals surface area contributed by atoms with Crippen molar-refractivity contribution in [2.45, 2.75) is 38.5 Å². The first kappa shape index (κ1) is 15.7. The monoisotopic (exact) mass is 238 g/mol. The molecular formula is C14H22O3. The van der Waals surface area contributed by atoms with E-state index in [0.717, 1.165) is 25.7 Å². The molecule has 0 amide bonds. The van der Waals surface area contributed by atoms with Gasteiger partial charge in [0, 0.05) is 13.0 Å². The summed E-state index contributed by atoms with van der Waals surface area (Å²) in [6.07, 6.45) is 16.5. The van der Waals surface area contributed by atoms with Gasteiger partial charge in [-0.1, -0.05) is 36.5 Å². The average Bonchev–Trinajstić information content (AvgIpc) is 2.30. The molecule has 0 aromatic heterocycles. The Morgan fingerprint density at radius 3 is 1.94 bits per heavy atom. The number of unbranched alkanes of at least 4 members (excludes halogenated alkanes) is 1. The number of hydrogen-bond donors (Lipinski definition) is 2. The molecule has 17 heavy (non-hydrogen) atoms. The van der Waals surface area contributed by atoms with Gasteiger partial charge in [-0.25, -0.2) is 0 Å². The van der Waals surface area contributed by atoms with Crippen molar-refractivity contribution >= 4 is 5.97 Å². The van der Waals surface area contributed by atoms with E-state index in [-0.39, 0.29) is 13.0 Å². The fraction of sp³-hybridized carbons (Fsp3) is 0.500. The zero-order valence-electron chi connectivity index (χ0n) is 10.2. The lowest BCUT2D eigenvalue weighted by Crippen LogP contribution is -1.92. The Hall–Kier alpha value is -1.35. The Bertz CT molecular complexity index is 265. The standard InChI is InChI=1S/C14H22O3/c15-13-11-9-7-5-3-1-2-4-6-8-10-12-14(16)17/h1,3-4,6-7,9,15H,2,5,8,10-13H2,(H,16,17)/b3-1-,6-4-,9-7-. The number of aliphatic carboxylic acids is 1. The number of hydrogen-bond acceptors (Lipinski definition) is 2. The summed E-state index contributed by atoms with van der Waals surface area (Å²) >= 11 is 0. The summed E-state index contributed by atoms with van der Waals surface area (Å²) in [4.78, 5) is 10.2. The SMILES string of the molecule is O=C(O)CCC/C=C\C/C=C\C/C=C\CCO. The number of aliphatic hydroxyl groups excluding tert-OH is 1. The van der Waals surface area contributed by atoms with Crippen molar-refractivity contribution in [3.63, 3.8) is 0 Å². The normalized spacial score (nSPS) is 12.1. The van der Waals surface area contributed by atoms with Crippen LogP contribution in [0.1, 0.15) is 38.5 Å². The molecule has 0 fully saturated rings. The summed E-state index contributed by atoms with van der Waals surface area (Å²) in [6, 6.07) is 0. The van der Waals surface area contributed by atoms with E-state index in [0.29, 0.717) is 6.42 Å². The zero-order valence-corrected chi connectivity index (χ0v) is 10.2. The van der Waals surface area contributed by atoms with Crippen LogP contribution < -0.4 is 0 Å². The molecule has 0 rings (SSSR count). The minimum atomic E-state index is -0.729. The molecule has 0 saturated heterocycles. The van der Waals surface area contributed by atoms with Crippen molar-refractivity contribution < 1.29 is 15.0 Å². The largest absolute Gasteiger partial charge is 0.481 e. The molecule has 0 bridgehead atoms. The molecule has 0 aliphatic heterocycles. The Morgan fingerprint density at radius 2 is 1.41 bits per heavy atom. The smallest absolute Gasteiger partial charge is 0.303 e. The lowest BCUT2D eigenvalue weighted by molar-refractivity contribution is -0.137. The van der Waals surface area contributed by atoms with Gasteiger partial charge >= 0.3 is 5.97 Å². The molecule has 0 unspecified atom stereocenters. The van der Waals surface area contributed by atoms with Gasteiger partial charge in [0.25, 0.3) is 0 Å². The second kappa shape index (κ2) is 12.7. The minimum Gasteiger partial charge on any atom is -0.481 e. The number of rotatable bonds is 10. The minimum absolute atomic E-state index is 0.208. The van der Waals surface area contributed by atoms with Crippen molar-refractivity contribution in [1.82, 2.24) is 0 Å². The summed E-state index contributed by atoms with van der Waals surface area (Å²) in [5, 5.41) is 16.9. The van der Waals surface area contributed by atoms with Crippen LogP contribution in [-0.4, -0.2) is 22.8 Å². The van der Waals surface area contributed by atoms with E-state index in [4.69, 9.17) is 10.2 Å². The molecule has 0 atom stereocenters. The van der Waals surface area contributed by atoms with Gasteiger partial charge in [0.2, 0.25) is 0 Å². The molecular weight excluding hydrogens is 216 g/mol. The maximum Gasteiger partial charge on any atom is 0.303 e. The number of carbonyl (C=O) groups is 1. The lowest BCUT2D eigenvalue weighted by Gasteiger charge is -1.89. The van der Waals surface area contributed by atoms with Gasteiger partial charge < -0.3 is 10.2 Å². The van der Waals surface area contributed by atoms with Crippen LogP contribution in [0.2, 0.25) is 0 Å². The Kier molecular flexibility index (Phi) is 11.7. The molecule has 0 heterocycles. The topological polar surface area (TPSA) is 57.5 Å². The van der Waals surface area contributed by atoms with Crippen molar-refractivity contribution in [1.29, 1.82) is 0 Å². The molecule has 0 aromatic carbocycles. The van der Waals surface area contributed by atoms with Crippen molar-refractivity contribution in [3.05, 3.63) is 36.5 Å². The fourth-order valence-corrected chi connectivity index (χ4v) is 1.22. The Balaban J connectivity index is 3.34. The van der Waals surface area contributed by atoms with Gasteiger partial charge in [-0.2, -0.15) is 0 Å². The molecule has 0 aliphatic carbocycles. The third kappa shape index (κ3) is 14.7. The van der Waals surface area contributed by atoms with Crippen LogP contribution >= 0.6 is 0 Å². The number of carboxylic acid groups (broad SMARTS) is 1. The first-order valence-electron chi connectivity index (χ1n) is 6.05. The first-order chi connectivity index (χ1) is 8.27. The highest BCUT2D eigenvalue weighted by Gasteiger charge is 1.92. The number of allylic oxidation sites excluding steroid dienone is 5. The van der Waals surface area contributed by atoms with Gasteiger partial charge in [-0.05, 0) is 32.1 Å². The number of carboxylic acids is 1. The van der Waals surface area contributed by atoms with Gasteiger partial charge in [-0.3, -0.25) is 4.79 Å². The third-order valence-electron chi connectivity index (χ3n) is 2.10. The van der Waals surface area contributed by atoms with Gasteiger partial charge in [0.1, 0.15) is 0 Å². The summed E-state index contributed by atoms with van der Waals surface area (Å²) < 4.78 is 0. The summed E-state index contributed by atoms with van der Waals surface area (Å²) in [5.74, 6) is -0.729. The molecule has 3 heteroatoms. The van der Waals surface area contributed by atoms with Gasteiger partial charge in [-0.15, -0.1) is 0 Å². The maximum atomic E-state index is 10.2. The summed E-state index contributed by atoms with van der Waals surface area (Å²) in [5.41, 5.74) is 0. The van der Waals surface area contributed by atoms with E-state index in [9.17, 15) is 4.79 Å². The molecule has 2 N–H and O–H groups in total. The molecule has 0 aromatic rings. The van der Waals surface area contributed by atoms with E-state index >= 15 is 0 Å². The summed E-state index contributed by atoms with van der Waals surface area (Å²) in [7, 11) is 0. The van der Waals surface area contributed by atoms with Crippen molar-refractivity contribution in [2.24, 2.45) is 0 Å². The quantitative estimate of drug-likeness (QED) is 0.454. The maximum absolute atomic E-state index is 10.2. The van der Waals surface area contributed by atoms with E-state index in [1.54, 1.807) is 0 Å². The van der Waals surface area contributed by atoms with Crippen LogP contribution in [0, 0.1) is 0 Å². The van der Waals surface area contributed by atoms with E-state index in [2.05, 4.69) is 18.2 Å². The second-order valence-electron chi connectivity index (χ2n) is 3.68. The predicted octanol–water partition coefficient (Wildman–Crippen LogP) is 3.07. The zero-order chi connectivity index (χ0) is 12.8. The molecule has 3 nitrogen and oxygen atoms in total. The number of aliphatic hydroxyl groups is 1. The van der Waals surface area contributed by atoms with Crippen molar-refractivity contribution in [2.75, 3.05) is 6.61 Å².